The van der Waals surface area contributed by atoms with Gasteiger partial charge in [0, 0.05) is 11.8 Å². The summed E-state index contributed by atoms with van der Waals surface area (Å²) in [7, 11) is 0. The fraction of sp³-hybridized carbons (Fsp3) is 0.667. The Morgan fingerprint density at radius 3 is 3.29 bits per heavy atom. The highest BCUT2D eigenvalue weighted by atomic mass is 16.7. The maximum atomic E-state index is 5.99. The highest BCUT2D eigenvalue weighted by Crippen LogP contribution is 2.59. The van der Waals surface area contributed by atoms with E-state index in [0.29, 0.717) is 0 Å². The second-order valence-electron chi connectivity index (χ2n) is 4.87. The van der Waals surface area contributed by atoms with Crippen LogP contribution in [0.5, 0.6) is 0 Å². The minimum Gasteiger partial charge on any atom is -0.473 e. The van der Waals surface area contributed by atoms with E-state index >= 15 is 0 Å². The maximum Gasteiger partial charge on any atom is 0.200 e. The van der Waals surface area contributed by atoms with Crippen LogP contribution in [0.3, 0.4) is 0 Å². The average molecular weight is 192 g/mol. The summed E-state index contributed by atoms with van der Waals surface area (Å²) in [5.74, 6) is 0. The van der Waals surface area contributed by atoms with Crippen LogP contribution in [-0.2, 0) is 9.47 Å². The molecule has 1 spiro atoms. The molecular weight excluding hydrogens is 176 g/mol. The normalized spacial score (nSPS) is 50.1. The van der Waals surface area contributed by atoms with Crippen molar-refractivity contribution in [2.45, 2.75) is 44.5 Å². The fourth-order valence-electron chi connectivity index (χ4n) is 3.15. The van der Waals surface area contributed by atoms with Crippen molar-refractivity contribution in [1.82, 2.24) is 0 Å². The van der Waals surface area contributed by atoms with Gasteiger partial charge in [-0.15, -0.1) is 0 Å². The molecule has 0 unspecified atom stereocenters. The van der Waals surface area contributed by atoms with E-state index in [9.17, 15) is 0 Å². The summed E-state index contributed by atoms with van der Waals surface area (Å²) in [5, 5.41) is 0. The zero-order chi connectivity index (χ0) is 9.81. The Kier molecular flexibility index (Phi) is 1.48. The Bertz CT molecular complexity index is 320. The van der Waals surface area contributed by atoms with Crippen LogP contribution in [0.15, 0.2) is 24.5 Å². The van der Waals surface area contributed by atoms with Crippen LogP contribution < -0.4 is 0 Å². The molecule has 3 atom stereocenters. The first kappa shape index (κ1) is 8.54. The third-order valence-electron chi connectivity index (χ3n) is 4.23. The third kappa shape index (κ3) is 0.806. The molecule has 3 rings (SSSR count). The van der Waals surface area contributed by atoms with Gasteiger partial charge in [-0.2, -0.15) is 0 Å². The van der Waals surface area contributed by atoms with E-state index in [0.717, 1.165) is 19.3 Å². The molecule has 0 amide bonds. The van der Waals surface area contributed by atoms with Crippen molar-refractivity contribution >= 4 is 0 Å². The van der Waals surface area contributed by atoms with E-state index in [1.54, 1.807) is 0 Å². The van der Waals surface area contributed by atoms with Gasteiger partial charge in [0.25, 0.3) is 0 Å². The van der Waals surface area contributed by atoms with Gasteiger partial charge in [-0.1, -0.05) is 19.1 Å². The van der Waals surface area contributed by atoms with E-state index in [-0.39, 0.29) is 17.3 Å². The quantitative estimate of drug-likeness (QED) is 0.549. The lowest BCUT2D eigenvalue weighted by Gasteiger charge is -2.45. The maximum absolute atomic E-state index is 5.99. The van der Waals surface area contributed by atoms with Crippen LogP contribution in [0.25, 0.3) is 0 Å². The van der Waals surface area contributed by atoms with Crippen LogP contribution in [0, 0.1) is 5.41 Å². The lowest BCUT2D eigenvalue weighted by atomic mass is 9.62. The Morgan fingerprint density at radius 1 is 1.57 bits per heavy atom. The van der Waals surface area contributed by atoms with Crippen molar-refractivity contribution in [2.75, 3.05) is 0 Å². The molecule has 1 saturated carbocycles. The molecule has 1 aliphatic carbocycles. The van der Waals surface area contributed by atoms with Gasteiger partial charge in [-0.3, -0.25) is 0 Å². The Morgan fingerprint density at radius 2 is 2.43 bits per heavy atom. The number of hydrogen-bond donors (Lipinski definition) is 0. The van der Waals surface area contributed by atoms with Crippen molar-refractivity contribution in [3.8, 4) is 0 Å². The van der Waals surface area contributed by atoms with Crippen LogP contribution in [0.2, 0.25) is 0 Å². The first-order valence-corrected chi connectivity index (χ1v) is 5.36. The molecule has 0 aromatic rings. The number of fused-ring (bicyclic) bond motifs is 1. The zero-order valence-corrected chi connectivity index (χ0v) is 8.58. The highest BCUT2D eigenvalue weighted by molar-refractivity contribution is 5.29. The Labute approximate surface area is 84.6 Å². The summed E-state index contributed by atoms with van der Waals surface area (Å²) in [5.41, 5.74) is 1.33. The van der Waals surface area contributed by atoms with Crippen LogP contribution in [-0.4, -0.2) is 11.9 Å². The van der Waals surface area contributed by atoms with E-state index < -0.39 is 0 Å². The molecular formula is C12H16O2. The summed E-state index contributed by atoms with van der Waals surface area (Å²) in [6.07, 6.45) is 8.27. The third-order valence-corrected chi connectivity index (χ3v) is 4.23. The van der Waals surface area contributed by atoms with Crippen molar-refractivity contribution in [3.05, 3.63) is 24.5 Å². The van der Waals surface area contributed by atoms with Gasteiger partial charge in [0.1, 0.15) is 5.60 Å². The standard InChI is InChI=1S/C12H16O2/c1-9-4-3-5-12-6-7-13-10(14-12)8-11(9,12)2/h6-7,10H,1,3-5,8H2,2H3/t10-,11-,12-/m1/s1. The minimum atomic E-state index is -0.106. The largest absolute Gasteiger partial charge is 0.473 e. The van der Waals surface area contributed by atoms with Crippen LogP contribution in [0.4, 0.5) is 0 Å². The Hall–Kier alpha value is -0.760. The smallest absolute Gasteiger partial charge is 0.200 e. The summed E-state index contributed by atoms with van der Waals surface area (Å²) >= 11 is 0. The van der Waals surface area contributed by atoms with Gasteiger partial charge in [0.05, 0.1) is 6.26 Å². The molecule has 76 valence electrons. The summed E-state index contributed by atoms with van der Waals surface area (Å²) in [4.78, 5) is 0. The molecule has 2 aliphatic heterocycles. The molecule has 0 radical (unpaired) electrons. The van der Waals surface area contributed by atoms with Crippen molar-refractivity contribution in [3.63, 3.8) is 0 Å². The highest BCUT2D eigenvalue weighted by Gasteiger charge is 2.60. The van der Waals surface area contributed by atoms with Gasteiger partial charge >= 0.3 is 0 Å². The van der Waals surface area contributed by atoms with Gasteiger partial charge in [-0.05, 0) is 25.3 Å². The molecule has 2 fully saturated rings. The van der Waals surface area contributed by atoms with Crippen LogP contribution in [0.1, 0.15) is 32.6 Å². The first-order valence-electron chi connectivity index (χ1n) is 5.36. The van der Waals surface area contributed by atoms with E-state index in [4.69, 9.17) is 9.47 Å². The molecule has 2 heteroatoms. The fourth-order valence-corrected chi connectivity index (χ4v) is 3.15. The molecule has 0 aromatic carbocycles. The second-order valence-corrected chi connectivity index (χ2v) is 4.87. The summed E-state index contributed by atoms with van der Waals surface area (Å²) in [6.45, 7) is 6.49. The molecule has 2 heterocycles. The Balaban J connectivity index is 2.11. The number of rotatable bonds is 0. The molecule has 2 nitrogen and oxygen atoms in total. The second kappa shape index (κ2) is 2.43. The molecule has 14 heavy (non-hydrogen) atoms. The molecule has 1 saturated heterocycles. The van der Waals surface area contributed by atoms with Crippen molar-refractivity contribution < 1.29 is 9.47 Å². The molecule has 0 aromatic heterocycles. The summed E-state index contributed by atoms with van der Waals surface area (Å²) < 4.78 is 11.4. The summed E-state index contributed by atoms with van der Waals surface area (Å²) in [6, 6.07) is 0. The molecule has 0 N–H and O–H groups in total. The average Bonchev–Trinajstić information content (AvgIpc) is 2.35. The van der Waals surface area contributed by atoms with E-state index in [1.165, 1.54) is 12.0 Å². The molecule has 3 aliphatic rings. The van der Waals surface area contributed by atoms with Crippen LogP contribution >= 0.6 is 0 Å². The predicted molar refractivity (Wildman–Crippen MR) is 53.5 cm³/mol. The van der Waals surface area contributed by atoms with Crippen molar-refractivity contribution in [1.29, 1.82) is 0 Å². The van der Waals surface area contributed by atoms with Gasteiger partial charge in [0.2, 0.25) is 6.29 Å². The monoisotopic (exact) mass is 192 g/mol. The predicted octanol–water partition coefficient (Wildman–Crippen LogP) is 2.76. The van der Waals surface area contributed by atoms with Crippen molar-refractivity contribution in [2.24, 2.45) is 5.41 Å². The topological polar surface area (TPSA) is 18.5 Å². The lowest BCUT2D eigenvalue weighted by Crippen LogP contribution is -2.45. The zero-order valence-electron chi connectivity index (χ0n) is 8.58. The number of ether oxygens (including phenoxy) is 2. The van der Waals surface area contributed by atoms with E-state index in [2.05, 4.69) is 19.6 Å². The van der Waals surface area contributed by atoms with Gasteiger partial charge in [0.15, 0.2) is 0 Å². The van der Waals surface area contributed by atoms with Gasteiger partial charge < -0.3 is 9.47 Å². The SMILES string of the molecule is C=C1CCC[C@@]23C=CO[C@@H](C[C@]12C)O3. The first-order chi connectivity index (χ1) is 6.66. The lowest BCUT2D eigenvalue weighted by molar-refractivity contribution is -0.155. The molecule has 2 bridgehead atoms. The van der Waals surface area contributed by atoms with E-state index in [1.807, 2.05) is 6.26 Å². The minimum absolute atomic E-state index is 0.0418. The number of hydrogen-bond acceptors (Lipinski definition) is 2. The van der Waals surface area contributed by atoms with Gasteiger partial charge in [-0.25, -0.2) is 0 Å².